The van der Waals surface area contributed by atoms with Crippen LogP contribution in [0.4, 0.5) is 0 Å². The number of hydrogen-bond donors (Lipinski definition) is 0. The van der Waals surface area contributed by atoms with Crippen LogP contribution in [0, 0.1) is 6.92 Å². The largest absolute Gasteiger partial charge is 0.296 e. The molecule has 0 aromatic heterocycles. The minimum Gasteiger partial charge on any atom is -0.296 e. The first-order valence-corrected chi connectivity index (χ1v) is 9.84. The second-order valence-electron chi connectivity index (χ2n) is 7.92. The van der Waals surface area contributed by atoms with Crippen molar-refractivity contribution in [1.29, 1.82) is 0 Å². The normalized spacial score (nSPS) is 13.2. The van der Waals surface area contributed by atoms with E-state index in [1.807, 2.05) is 0 Å². The summed E-state index contributed by atoms with van der Waals surface area (Å²) in [5, 5.41) is 0. The number of rotatable bonds is 9. The highest BCUT2D eigenvalue weighted by molar-refractivity contribution is 5.29. The highest BCUT2D eigenvalue weighted by Crippen LogP contribution is 2.37. The van der Waals surface area contributed by atoms with E-state index in [0.29, 0.717) is 6.04 Å². The van der Waals surface area contributed by atoms with Crippen molar-refractivity contribution in [3.05, 3.63) is 71.3 Å². The van der Waals surface area contributed by atoms with Crippen LogP contribution >= 0.6 is 0 Å². The van der Waals surface area contributed by atoms with Gasteiger partial charge in [0.2, 0.25) is 0 Å². The SMILES string of the molecule is CCCN(CCC)C(CC(C)(C)c1ccc(C)cc1)c1ccccc1. The van der Waals surface area contributed by atoms with Crippen molar-refractivity contribution in [2.24, 2.45) is 0 Å². The quantitative estimate of drug-likeness (QED) is 0.503. The second kappa shape index (κ2) is 9.20. The zero-order valence-electron chi connectivity index (χ0n) is 16.8. The summed E-state index contributed by atoms with van der Waals surface area (Å²) in [6, 6.07) is 20.6. The van der Waals surface area contributed by atoms with Gasteiger partial charge in [-0.15, -0.1) is 0 Å². The molecule has 136 valence electrons. The fourth-order valence-corrected chi connectivity index (χ4v) is 3.74. The Labute approximate surface area is 155 Å². The number of benzene rings is 2. The van der Waals surface area contributed by atoms with E-state index in [0.717, 1.165) is 19.5 Å². The van der Waals surface area contributed by atoms with Gasteiger partial charge in [0.25, 0.3) is 0 Å². The van der Waals surface area contributed by atoms with Crippen LogP contribution in [-0.2, 0) is 5.41 Å². The molecule has 0 saturated heterocycles. The van der Waals surface area contributed by atoms with Gasteiger partial charge in [0.15, 0.2) is 0 Å². The first-order valence-electron chi connectivity index (χ1n) is 9.84. The van der Waals surface area contributed by atoms with Gasteiger partial charge in [-0.05, 0) is 55.8 Å². The number of nitrogens with zero attached hydrogens (tertiary/aromatic N) is 1. The van der Waals surface area contributed by atoms with Gasteiger partial charge in [0.1, 0.15) is 0 Å². The highest BCUT2D eigenvalue weighted by Gasteiger charge is 2.29. The van der Waals surface area contributed by atoms with Crippen LogP contribution in [0.15, 0.2) is 54.6 Å². The molecule has 0 heterocycles. The lowest BCUT2D eigenvalue weighted by atomic mass is 9.77. The van der Waals surface area contributed by atoms with E-state index in [9.17, 15) is 0 Å². The van der Waals surface area contributed by atoms with E-state index in [2.05, 4.69) is 94.1 Å². The molecule has 2 rings (SSSR count). The molecule has 0 bridgehead atoms. The smallest absolute Gasteiger partial charge is 0.0356 e. The Morgan fingerprint density at radius 3 is 1.92 bits per heavy atom. The van der Waals surface area contributed by atoms with Gasteiger partial charge in [0.05, 0.1) is 0 Å². The molecule has 1 heteroatoms. The highest BCUT2D eigenvalue weighted by atomic mass is 15.1. The fraction of sp³-hybridized carbons (Fsp3) is 0.500. The maximum atomic E-state index is 2.69. The van der Waals surface area contributed by atoms with Crippen molar-refractivity contribution in [3.63, 3.8) is 0 Å². The number of hydrogen-bond acceptors (Lipinski definition) is 1. The Kier molecular flexibility index (Phi) is 7.25. The first-order chi connectivity index (χ1) is 12.0. The first kappa shape index (κ1) is 19.7. The summed E-state index contributed by atoms with van der Waals surface area (Å²) in [5.74, 6) is 0. The minimum atomic E-state index is 0.147. The molecule has 0 aliphatic heterocycles. The monoisotopic (exact) mass is 337 g/mol. The average molecular weight is 338 g/mol. The second-order valence-corrected chi connectivity index (χ2v) is 7.92. The van der Waals surface area contributed by atoms with Crippen molar-refractivity contribution >= 4 is 0 Å². The summed E-state index contributed by atoms with van der Waals surface area (Å²) in [4.78, 5) is 2.69. The summed E-state index contributed by atoms with van der Waals surface area (Å²) < 4.78 is 0. The van der Waals surface area contributed by atoms with Crippen LogP contribution < -0.4 is 0 Å². The summed E-state index contributed by atoms with van der Waals surface area (Å²) >= 11 is 0. The lowest BCUT2D eigenvalue weighted by Gasteiger charge is -2.38. The van der Waals surface area contributed by atoms with Crippen molar-refractivity contribution in [1.82, 2.24) is 4.90 Å². The maximum Gasteiger partial charge on any atom is 0.0356 e. The van der Waals surface area contributed by atoms with E-state index < -0.39 is 0 Å². The zero-order valence-corrected chi connectivity index (χ0v) is 16.8. The Bertz CT molecular complexity index is 606. The summed E-state index contributed by atoms with van der Waals surface area (Å²) in [5.41, 5.74) is 4.36. The van der Waals surface area contributed by atoms with Crippen LogP contribution in [0.25, 0.3) is 0 Å². The summed E-state index contributed by atoms with van der Waals surface area (Å²) in [6.07, 6.45) is 3.54. The number of aryl methyl sites for hydroxylation is 1. The molecule has 0 spiro atoms. The van der Waals surface area contributed by atoms with E-state index in [1.54, 1.807) is 0 Å². The molecule has 2 aromatic carbocycles. The molecule has 0 N–H and O–H groups in total. The lowest BCUT2D eigenvalue weighted by molar-refractivity contribution is 0.165. The zero-order chi connectivity index (χ0) is 18.3. The van der Waals surface area contributed by atoms with Crippen LogP contribution in [0.2, 0.25) is 0 Å². The predicted octanol–water partition coefficient (Wildman–Crippen LogP) is 6.53. The molecule has 0 saturated carbocycles. The molecule has 25 heavy (non-hydrogen) atoms. The van der Waals surface area contributed by atoms with Crippen molar-refractivity contribution in [2.45, 2.75) is 65.3 Å². The molecule has 0 aliphatic carbocycles. The van der Waals surface area contributed by atoms with Crippen molar-refractivity contribution in [3.8, 4) is 0 Å². The maximum absolute atomic E-state index is 2.69. The molecular formula is C24H35N. The Hall–Kier alpha value is -1.60. The van der Waals surface area contributed by atoms with Crippen molar-refractivity contribution < 1.29 is 0 Å². The minimum absolute atomic E-state index is 0.147. The van der Waals surface area contributed by atoms with Gasteiger partial charge in [-0.1, -0.05) is 87.9 Å². The van der Waals surface area contributed by atoms with Crippen LogP contribution in [-0.4, -0.2) is 18.0 Å². The van der Waals surface area contributed by atoms with Crippen LogP contribution in [0.1, 0.15) is 69.7 Å². The molecule has 0 aliphatic rings. The Morgan fingerprint density at radius 1 is 0.840 bits per heavy atom. The third-order valence-electron chi connectivity index (χ3n) is 5.18. The average Bonchev–Trinajstić information content (AvgIpc) is 2.61. The molecule has 1 atom stereocenters. The Balaban J connectivity index is 2.32. The van der Waals surface area contributed by atoms with Gasteiger partial charge >= 0.3 is 0 Å². The summed E-state index contributed by atoms with van der Waals surface area (Å²) in [6.45, 7) is 13.8. The summed E-state index contributed by atoms with van der Waals surface area (Å²) in [7, 11) is 0. The van der Waals surface area contributed by atoms with Crippen LogP contribution in [0.3, 0.4) is 0 Å². The van der Waals surface area contributed by atoms with E-state index in [-0.39, 0.29) is 5.41 Å². The molecule has 2 aromatic rings. The van der Waals surface area contributed by atoms with Crippen LogP contribution in [0.5, 0.6) is 0 Å². The molecule has 0 radical (unpaired) electrons. The van der Waals surface area contributed by atoms with E-state index in [1.165, 1.54) is 29.5 Å². The predicted molar refractivity (Wildman–Crippen MR) is 110 cm³/mol. The molecule has 0 amide bonds. The topological polar surface area (TPSA) is 3.24 Å². The van der Waals surface area contributed by atoms with Gasteiger partial charge in [-0.25, -0.2) is 0 Å². The van der Waals surface area contributed by atoms with Gasteiger partial charge < -0.3 is 0 Å². The fourth-order valence-electron chi connectivity index (χ4n) is 3.74. The van der Waals surface area contributed by atoms with Crippen molar-refractivity contribution in [2.75, 3.05) is 13.1 Å². The van der Waals surface area contributed by atoms with Gasteiger partial charge in [-0.2, -0.15) is 0 Å². The molecule has 1 unspecified atom stereocenters. The molecule has 1 nitrogen and oxygen atoms in total. The van der Waals surface area contributed by atoms with Gasteiger partial charge in [0, 0.05) is 6.04 Å². The van der Waals surface area contributed by atoms with Gasteiger partial charge in [-0.3, -0.25) is 4.90 Å². The molecule has 0 fully saturated rings. The van der Waals surface area contributed by atoms with E-state index in [4.69, 9.17) is 0 Å². The van der Waals surface area contributed by atoms with E-state index >= 15 is 0 Å². The third-order valence-corrected chi connectivity index (χ3v) is 5.18. The lowest BCUT2D eigenvalue weighted by Crippen LogP contribution is -2.35. The molecular weight excluding hydrogens is 302 g/mol. The third kappa shape index (κ3) is 5.44. The standard InChI is InChI=1S/C24H35N/c1-6-17-25(18-7-2)23(21-11-9-8-10-12-21)19-24(4,5)22-15-13-20(3)14-16-22/h8-16,23H,6-7,17-19H2,1-5H3. The Morgan fingerprint density at radius 2 is 1.40 bits per heavy atom.